The van der Waals surface area contributed by atoms with E-state index in [-0.39, 0.29) is 18.4 Å². The summed E-state index contributed by atoms with van der Waals surface area (Å²) >= 11 is 3.40. The Kier molecular flexibility index (Phi) is 8.71. The van der Waals surface area contributed by atoms with Crippen molar-refractivity contribution in [2.24, 2.45) is 0 Å². The predicted molar refractivity (Wildman–Crippen MR) is 149 cm³/mol. The van der Waals surface area contributed by atoms with Crippen LogP contribution >= 0.6 is 15.9 Å². The number of benzene rings is 3. The maximum Gasteiger partial charge on any atom is 0.261 e. The third-order valence-corrected chi connectivity index (χ3v) is 7.58. The van der Waals surface area contributed by atoms with Crippen LogP contribution in [-0.4, -0.2) is 103 Å². The van der Waals surface area contributed by atoms with Crippen LogP contribution in [-0.2, 0) is 4.74 Å². The third kappa shape index (κ3) is 6.24. The van der Waals surface area contributed by atoms with E-state index in [4.69, 9.17) is 9.47 Å². The quantitative estimate of drug-likeness (QED) is 0.275. The van der Waals surface area contributed by atoms with Gasteiger partial charge in [-0.3, -0.25) is 24.3 Å². The van der Waals surface area contributed by atoms with E-state index in [1.807, 2.05) is 48.5 Å². The van der Waals surface area contributed by atoms with Crippen LogP contribution in [0.1, 0.15) is 20.7 Å². The molecule has 8 nitrogen and oxygen atoms in total. The summed E-state index contributed by atoms with van der Waals surface area (Å²) in [5.41, 5.74) is 1.19. The molecule has 0 spiro atoms. The Morgan fingerprint density at radius 3 is 2.11 bits per heavy atom. The highest BCUT2D eigenvalue weighted by molar-refractivity contribution is 9.10. The largest absolute Gasteiger partial charge is 0.491 e. The number of aliphatic hydroxyl groups is 1. The Hall–Kier alpha value is -2.82. The van der Waals surface area contributed by atoms with Crippen LogP contribution in [0.25, 0.3) is 10.8 Å². The summed E-state index contributed by atoms with van der Waals surface area (Å²) in [4.78, 5) is 32.1. The Labute approximate surface area is 230 Å². The number of carbonyl (C=O) groups excluding carboxylic acids is 2. The number of amides is 2. The Morgan fingerprint density at radius 2 is 1.45 bits per heavy atom. The zero-order valence-corrected chi connectivity index (χ0v) is 22.8. The van der Waals surface area contributed by atoms with Gasteiger partial charge >= 0.3 is 0 Å². The first-order valence-electron chi connectivity index (χ1n) is 13.0. The molecule has 38 heavy (non-hydrogen) atoms. The summed E-state index contributed by atoms with van der Waals surface area (Å²) in [5, 5.41) is 12.1. The van der Waals surface area contributed by atoms with Crippen LogP contribution in [0, 0.1) is 0 Å². The molecule has 0 bridgehead atoms. The molecule has 0 aromatic heterocycles. The van der Waals surface area contributed by atoms with Crippen molar-refractivity contribution in [3.05, 3.63) is 76.3 Å². The molecule has 1 atom stereocenters. The normalized spacial score (nSPS) is 17.3. The summed E-state index contributed by atoms with van der Waals surface area (Å²) in [7, 11) is 0. The van der Waals surface area contributed by atoms with E-state index < -0.39 is 6.10 Å². The van der Waals surface area contributed by atoms with Crippen LogP contribution in [0.4, 0.5) is 0 Å². The van der Waals surface area contributed by atoms with E-state index in [9.17, 15) is 14.7 Å². The van der Waals surface area contributed by atoms with Crippen molar-refractivity contribution in [1.82, 2.24) is 14.7 Å². The van der Waals surface area contributed by atoms with Gasteiger partial charge in [-0.2, -0.15) is 0 Å². The zero-order valence-electron chi connectivity index (χ0n) is 21.2. The second-order valence-corrected chi connectivity index (χ2v) is 10.6. The van der Waals surface area contributed by atoms with Gasteiger partial charge in [0, 0.05) is 66.8 Å². The molecule has 0 radical (unpaired) electrons. The van der Waals surface area contributed by atoms with E-state index >= 15 is 0 Å². The molecule has 200 valence electrons. The van der Waals surface area contributed by atoms with Gasteiger partial charge in [-0.15, -0.1) is 0 Å². The molecule has 5 rings (SSSR count). The standard InChI is InChI=1S/C29H32BrN3O5/c30-22-7-9-24(10-8-22)38-18-17-37-20-23(34)19-32-13-11-31(12-14-32)15-16-33-28(35)25-5-1-3-21-4-2-6-26(27(21)25)29(33)36/h1-10,23,34H,11-20H2. The maximum absolute atomic E-state index is 13.1. The first-order chi connectivity index (χ1) is 18.5. The van der Waals surface area contributed by atoms with E-state index in [0.29, 0.717) is 44.0 Å². The average molecular weight is 582 g/mol. The molecule has 2 aliphatic rings. The molecule has 2 aliphatic heterocycles. The summed E-state index contributed by atoms with van der Waals surface area (Å²) in [5.74, 6) is 0.345. The smallest absolute Gasteiger partial charge is 0.261 e. The number of nitrogens with zero attached hydrogens (tertiary/aromatic N) is 3. The topological polar surface area (TPSA) is 82.6 Å². The minimum absolute atomic E-state index is 0.219. The molecular formula is C29H32BrN3O5. The van der Waals surface area contributed by atoms with Crippen molar-refractivity contribution < 1.29 is 24.2 Å². The first kappa shape index (κ1) is 26.8. The maximum atomic E-state index is 13.1. The lowest BCUT2D eigenvalue weighted by Gasteiger charge is -2.36. The van der Waals surface area contributed by atoms with Crippen LogP contribution in [0.15, 0.2) is 65.1 Å². The summed E-state index contributed by atoms with van der Waals surface area (Å²) in [6.45, 7) is 5.90. The van der Waals surface area contributed by atoms with E-state index in [2.05, 4.69) is 25.7 Å². The molecule has 1 N–H and O–H groups in total. The highest BCUT2D eigenvalue weighted by Crippen LogP contribution is 2.29. The number of imide groups is 1. The Balaban J connectivity index is 1.01. The number of piperazine rings is 1. The number of β-amino-alcohol motifs (C(OH)–C–C–N with tert-alkyl or cyclic N) is 1. The zero-order chi connectivity index (χ0) is 26.5. The lowest BCUT2D eigenvalue weighted by atomic mass is 9.94. The molecule has 1 fully saturated rings. The van der Waals surface area contributed by atoms with Gasteiger partial charge in [-0.1, -0.05) is 40.2 Å². The monoisotopic (exact) mass is 581 g/mol. The molecule has 1 saturated heterocycles. The number of hydrogen-bond donors (Lipinski definition) is 1. The second kappa shape index (κ2) is 12.4. The minimum atomic E-state index is -0.569. The van der Waals surface area contributed by atoms with Crippen molar-refractivity contribution in [3.8, 4) is 5.75 Å². The van der Waals surface area contributed by atoms with Crippen molar-refractivity contribution in [2.75, 3.05) is 65.6 Å². The molecule has 1 unspecified atom stereocenters. The van der Waals surface area contributed by atoms with Crippen molar-refractivity contribution >= 4 is 38.5 Å². The van der Waals surface area contributed by atoms with Gasteiger partial charge in [-0.05, 0) is 41.8 Å². The van der Waals surface area contributed by atoms with Crippen molar-refractivity contribution in [2.45, 2.75) is 6.10 Å². The number of hydrogen-bond acceptors (Lipinski definition) is 7. The van der Waals surface area contributed by atoms with Gasteiger partial charge in [-0.25, -0.2) is 0 Å². The van der Waals surface area contributed by atoms with E-state index in [0.717, 1.165) is 47.2 Å². The SMILES string of the molecule is O=C1c2cccc3cccc(c23)C(=O)N1CCN1CCN(CC(O)COCCOc2ccc(Br)cc2)CC1. The fraction of sp³-hybridized carbons (Fsp3) is 0.379. The van der Waals surface area contributed by atoms with Crippen molar-refractivity contribution in [3.63, 3.8) is 0 Å². The fourth-order valence-corrected chi connectivity index (χ4v) is 5.30. The molecule has 2 amide bonds. The molecule has 3 aromatic carbocycles. The van der Waals surface area contributed by atoms with Crippen LogP contribution in [0.5, 0.6) is 5.75 Å². The summed E-state index contributed by atoms with van der Waals surface area (Å²) < 4.78 is 12.2. The molecule has 0 aliphatic carbocycles. The minimum Gasteiger partial charge on any atom is -0.491 e. The van der Waals surface area contributed by atoms with Crippen molar-refractivity contribution in [1.29, 1.82) is 0 Å². The van der Waals surface area contributed by atoms with E-state index in [1.165, 1.54) is 4.90 Å². The lowest BCUT2D eigenvalue weighted by Crippen LogP contribution is -2.51. The van der Waals surface area contributed by atoms with Crippen LogP contribution in [0.2, 0.25) is 0 Å². The number of rotatable bonds is 11. The molecule has 3 aromatic rings. The second-order valence-electron chi connectivity index (χ2n) is 9.64. The van der Waals surface area contributed by atoms with Gasteiger partial charge in [0.25, 0.3) is 11.8 Å². The average Bonchev–Trinajstić information content (AvgIpc) is 2.93. The predicted octanol–water partition coefficient (Wildman–Crippen LogP) is 3.27. The van der Waals surface area contributed by atoms with Gasteiger partial charge in [0.15, 0.2) is 0 Å². The van der Waals surface area contributed by atoms with Crippen LogP contribution < -0.4 is 4.74 Å². The number of halogens is 1. The lowest BCUT2D eigenvalue weighted by molar-refractivity contribution is -0.000352. The van der Waals surface area contributed by atoms with Gasteiger partial charge in [0.2, 0.25) is 0 Å². The van der Waals surface area contributed by atoms with Gasteiger partial charge < -0.3 is 14.6 Å². The number of carbonyl (C=O) groups is 2. The Morgan fingerprint density at radius 1 is 0.816 bits per heavy atom. The number of aliphatic hydroxyl groups excluding tert-OH is 1. The fourth-order valence-electron chi connectivity index (χ4n) is 5.04. The third-order valence-electron chi connectivity index (χ3n) is 7.05. The highest BCUT2D eigenvalue weighted by atomic mass is 79.9. The highest BCUT2D eigenvalue weighted by Gasteiger charge is 2.33. The molecular weight excluding hydrogens is 550 g/mol. The van der Waals surface area contributed by atoms with Gasteiger partial charge in [0.1, 0.15) is 12.4 Å². The van der Waals surface area contributed by atoms with Gasteiger partial charge in [0.05, 0.1) is 19.3 Å². The molecule has 2 heterocycles. The summed E-state index contributed by atoms with van der Waals surface area (Å²) in [6, 6.07) is 18.8. The van der Waals surface area contributed by atoms with E-state index in [1.54, 1.807) is 12.1 Å². The van der Waals surface area contributed by atoms with Crippen LogP contribution in [0.3, 0.4) is 0 Å². The Bertz CT molecular complexity index is 1230. The summed E-state index contributed by atoms with van der Waals surface area (Å²) in [6.07, 6.45) is -0.569. The number of ether oxygens (including phenoxy) is 2. The first-order valence-corrected chi connectivity index (χ1v) is 13.8. The molecule has 0 saturated carbocycles. The molecule has 9 heteroatoms.